The summed E-state index contributed by atoms with van der Waals surface area (Å²) < 4.78 is 1.78. The second-order valence-corrected chi connectivity index (χ2v) is 6.63. The third kappa shape index (κ3) is 3.32. The number of aromatic nitrogens is 3. The summed E-state index contributed by atoms with van der Waals surface area (Å²) in [5.74, 6) is 0.815. The van der Waals surface area contributed by atoms with E-state index < -0.39 is 0 Å². The predicted octanol–water partition coefficient (Wildman–Crippen LogP) is 2.28. The molecule has 0 bridgehead atoms. The molecule has 0 saturated carbocycles. The highest BCUT2D eigenvalue weighted by atomic mass is 32.1. The van der Waals surface area contributed by atoms with Gasteiger partial charge in [-0.3, -0.25) is 9.48 Å². The molecule has 1 amide bonds. The van der Waals surface area contributed by atoms with Gasteiger partial charge in [0.2, 0.25) is 0 Å². The summed E-state index contributed by atoms with van der Waals surface area (Å²) in [7, 11) is 0. The van der Waals surface area contributed by atoms with E-state index in [2.05, 4.69) is 22.3 Å². The largest absolute Gasteiger partial charge is 0.352 e. The van der Waals surface area contributed by atoms with Gasteiger partial charge in [-0.2, -0.15) is 5.10 Å². The first kappa shape index (κ1) is 14.3. The van der Waals surface area contributed by atoms with Crippen LogP contribution in [0.2, 0.25) is 0 Å². The molecule has 2 aromatic rings. The lowest BCUT2D eigenvalue weighted by atomic mass is 9.88. The van der Waals surface area contributed by atoms with Crippen molar-refractivity contribution in [2.24, 2.45) is 5.92 Å². The standard InChI is InChI=1S/C15H20N4OS/c1-11-3-4-12-13(8-21-14(12)7-11)15(20)17-5-2-6-19-10-16-9-18-19/h8-11H,2-7H2,1H3,(H,17,20). The second-order valence-electron chi connectivity index (χ2n) is 5.67. The molecule has 6 heteroatoms. The van der Waals surface area contributed by atoms with Crippen LogP contribution in [-0.2, 0) is 19.4 Å². The van der Waals surface area contributed by atoms with Gasteiger partial charge in [0.1, 0.15) is 12.7 Å². The SMILES string of the molecule is CC1CCc2c(C(=O)NCCCn3cncn3)csc2C1. The minimum atomic E-state index is 0.0700. The fourth-order valence-corrected chi connectivity index (χ4v) is 4.00. The Hall–Kier alpha value is -1.69. The zero-order chi connectivity index (χ0) is 14.7. The number of nitrogens with one attached hydrogen (secondary N) is 1. The van der Waals surface area contributed by atoms with E-state index in [-0.39, 0.29) is 5.91 Å². The van der Waals surface area contributed by atoms with Crippen LogP contribution in [0.15, 0.2) is 18.0 Å². The molecule has 0 saturated heterocycles. The zero-order valence-electron chi connectivity index (χ0n) is 12.2. The van der Waals surface area contributed by atoms with E-state index in [4.69, 9.17) is 0 Å². The lowest BCUT2D eigenvalue weighted by molar-refractivity contribution is 0.0952. The van der Waals surface area contributed by atoms with E-state index in [0.29, 0.717) is 6.54 Å². The van der Waals surface area contributed by atoms with Crippen molar-refractivity contribution in [3.8, 4) is 0 Å². The molecule has 2 heterocycles. The van der Waals surface area contributed by atoms with Gasteiger partial charge in [0, 0.05) is 23.3 Å². The van der Waals surface area contributed by atoms with Crippen LogP contribution in [0, 0.1) is 5.92 Å². The smallest absolute Gasteiger partial charge is 0.252 e. The molecule has 0 aromatic carbocycles. The Bertz CT molecular complexity index is 605. The highest BCUT2D eigenvalue weighted by Gasteiger charge is 2.22. The van der Waals surface area contributed by atoms with E-state index in [1.165, 1.54) is 23.2 Å². The van der Waals surface area contributed by atoms with E-state index in [0.717, 1.165) is 37.3 Å². The number of rotatable bonds is 5. The van der Waals surface area contributed by atoms with E-state index >= 15 is 0 Å². The normalized spacial score (nSPS) is 17.5. The Morgan fingerprint density at radius 1 is 1.57 bits per heavy atom. The predicted molar refractivity (Wildman–Crippen MR) is 82.5 cm³/mol. The van der Waals surface area contributed by atoms with Crippen LogP contribution in [0.4, 0.5) is 0 Å². The fraction of sp³-hybridized carbons (Fsp3) is 0.533. The minimum Gasteiger partial charge on any atom is -0.352 e. The molecule has 1 aliphatic rings. The number of hydrogen-bond donors (Lipinski definition) is 1. The first-order chi connectivity index (χ1) is 10.2. The summed E-state index contributed by atoms with van der Waals surface area (Å²) in [5, 5.41) is 9.08. The van der Waals surface area contributed by atoms with E-state index in [1.54, 1.807) is 22.3 Å². The summed E-state index contributed by atoms with van der Waals surface area (Å²) in [6.45, 7) is 3.73. The number of amides is 1. The van der Waals surface area contributed by atoms with Crippen molar-refractivity contribution in [1.82, 2.24) is 20.1 Å². The number of aryl methyl sites for hydroxylation is 1. The van der Waals surface area contributed by atoms with Crippen molar-refractivity contribution in [3.05, 3.63) is 34.0 Å². The number of nitrogens with zero attached hydrogens (tertiary/aromatic N) is 3. The van der Waals surface area contributed by atoms with E-state index in [9.17, 15) is 4.79 Å². The maximum absolute atomic E-state index is 12.3. The second kappa shape index (κ2) is 6.39. The fourth-order valence-electron chi connectivity index (χ4n) is 2.75. The molecule has 1 atom stereocenters. The maximum atomic E-state index is 12.3. The molecule has 1 N–H and O–H groups in total. The van der Waals surface area contributed by atoms with Crippen molar-refractivity contribution >= 4 is 17.2 Å². The van der Waals surface area contributed by atoms with Gasteiger partial charge >= 0.3 is 0 Å². The summed E-state index contributed by atoms with van der Waals surface area (Å²) in [5.41, 5.74) is 2.18. The molecule has 0 aliphatic heterocycles. The zero-order valence-corrected chi connectivity index (χ0v) is 13.0. The maximum Gasteiger partial charge on any atom is 0.252 e. The Kier molecular flexibility index (Phi) is 4.34. The first-order valence-corrected chi connectivity index (χ1v) is 8.32. The van der Waals surface area contributed by atoms with Gasteiger partial charge in [-0.1, -0.05) is 6.92 Å². The summed E-state index contributed by atoms with van der Waals surface area (Å²) in [6, 6.07) is 0. The molecule has 0 radical (unpaired) electrons. The summed E-state index contributed by atoms with van der Waals surface area (Å²) >= 11 is 1.74. The van der Waals surface area contributed by atoms with Crippen molar-refractivity contribution in [3.63, 3.8) is 0 Å². The van der Waals surface area contributed by atoms with Gasteiger partial charge in [-0.05, 0) is 37.2 Å². The van der Waals surface area contributed by atoms with Crippen LogP contribution in [0.1, 0.15) is 40.6 Å². The lowest BCUT2D eigenvalue weighted by Gasteiger charge is -2.18. The average molecular weight is 304 g/mol. The van der Waals surface area contributed by atoms with Crippen molar-refractivity contribution in [2.75, 3.05) is 6.54 Å². The van der Waals surface area contributed by atoms with Crippen LogP contribution in [-0.4, -0.2) is 27.2 Å². The van der Waals surface area contributed by atoms with Gasteiger partial charge in [0.25, 0.3) is 5.91 Å². The number of fused-ring (bicyclic) bond motifs is 1. The summed E-state index contributed by atoms with van der Waals surface area (Å²) in [4.78, 5) is 17.6. The van der Waals surface area contributed by atoms with Crippen LogP contribution in [0.25, 0.3) is 0 Å². The molecule has 5 nitrogen and oxygen atoms in total. The lowest BCUT2D eigenvalue weighted by Crippen LogP contribution is -2.26. The van der Waals surface area contributed by atoms with Gasteiger partial charge in [0.15, 0.2) is 0 Å². The van der Waals surface area contributed by atoms with Gasteiger partial charge in [-0.25, -0.2) is 4.98 Å². The van der Waals surface area contributed by atoms with Crippen LogP contribution in [0.3, 0.4) is 0 Å². The highest BCUT2D eigenvalue weighted by molar-refractivity contribution is 7.10. The molecule has 21 heavy (non-hydrogen) atoms. The van der Waals surface area contributed by atoms with Crippen LogP contribution in [0.5, 0.6) is 0 Å². The molecular weight excluding hydrogens is 284 g/mol. The molecule has 1 unspecified atom stereocenters. The van der Waals surface area contributed by atoms with Crippen molar-refractivity contribution in [1.29, 1.82) is 0 Å². The number of thiophene rings is 1. The monoisotopic (exact) mass is 304 g/mol. The molecular formula is C15H20N4OS. The molecule has 3 rings (SSSR count). The number of carbonyl (C=O) groups is 1. The van der Waals surface area contributed by atoms with Gasteiger partial charge < -0.3 is 5.32 Å². The summed E-state index contributed by atoms with van der Waals surface area (Å²) in [6.07, 6.45) is 7.44. The quantitative estimate of drug-likeness (QED) is 0.862. The number of carbonyl (C=O) groups excluding carboxylic acids is 1. The Labute approximate surface area is 128 Å². The van der Waals surface area contributed by atoms with E-state index in [1.807, 2.05) is 5.38 Å². The molecule has 0 fully saturated rings. The number of hydrogen-bond acceptors (Lipinski definition) is 4. The average Bonchev–Trinajstić information content (AvgIpc) is 3.12. The van der Waals surface area contributed by atoms with Crippen LogP contribution >= 0.6 is 11.3 Å². The molecule has 1 aliphatic carbocycles. The van der Waals surface area contributed by atoms with Crippen molar-refractivity contribution in [2.45, 2.75) is 39.2 Å². The van der Waals surface area contributed by atoms with Gasteiger partial charge in [-0.15, -0.1) is 11.3 Å². The minimum absolute atomic E-state index is 0.0700. The first-order valence-electron chi connectivity index (χ1n) is 7.44. The van der Waals surface area contributed by atoms with Crippen LogP contribution < -0.4 is 5.32 Å². The Morgan fingerprint density at radius 2 is 2.48 bits per heavy atom. The molecule has 0 spiro atoms. The van der Waals surface area contributed by atoms with Crippen molar-refractivity contribution < 1.29 is 4.79 Å². The Balaban J connectivity index is 1.52. The topological polar surface area (TPSA) is 59.8 Å². The third-order valence-electron chi connectivity index (χ3n) is 3.96. The third-order valence-corrected chi connectivity index (χ3v) is 5.01. The highest BCUT2D eigenvalue weighted by Crippen LogP contribution is 2.32. The van der Waals surface area contributed by atoms with Gasteiger partial charge in [0.05, 0.1) is 5.56 Å². The Morgan fingerprint density at radius 3 is 3.29 bits per heavy atom. The molecule has 2 aromatic heterocycles. The molecule has 112 valence electrons.